The van der Waals surface area contributed by atoms with Crippen molar-refractivity contribution in [2.75, 3.05) is 13.1 Å². The van der Waals surface area contributed by atoms with Gasteiger partial charge >= 0.3 is 0 Å². The number of thiophene rings is 1. The summed E-state index contributed by atoms with van der Waals surface area (Å²) in [7, 11) is 0. The highest BCUT2D eigenvalue weighted by molar-refractivity contribution is 7.11. The van der Waals surface area contributed by atoms with Crippen molar-refractivity contribution >= 4 is 28.6 Å². The maximum absolute atomic E-state index is 12.2. The molecule has 1 saturated heterocycles. The lowest BCUT2D eigenvalue weighted by Crippen LogP contribution is -2.39. The number of nitrogens with zero attached hydrogens (tertiary/aromatic N) is 3. The van der Waals surface area contributed by atoms with Gasteiger partial charge in [0.25, 0.3) is 0 Å². The molecule has 0 aromatic carbocycles. The van der Waals surface area contributed by atoms with Crippen molar-refractivity contribution in [2.24, 2.45) is 5.41 Å². The number of piperidine rings is 1. The predicted octanol–water partition coefficient (Wildman–Crippen LogP) is 3.92. The first-order valence-corrected chi connectivity index (χ1v) is 10.7. The second-order valence-corrected chi connectivity index (χ2v) is 9.58. The maximum Gasteiger partial charge on any atom is 0.220 e. The summed E-state index contributed by atoms with van der Waals surface area (Å²) in [5, 5.41) is 5.40. The highest BCUT2D eigenvalue weighted by Gasteiger charge is 2.58. The van der Waals surface area contributed by atoms with Crippen LogP contribution in [0.3, 0.4) is 0 Å². The molecule has 1 amide bonds. The Morgan fingerprint density at radius 2 is 2.24 bits per heavy atom. The molecule has 4 nitrogen and oxygen atoms in total. The molecule has 2 aromatic rings. The van der Waals surface area contributed by atoms with Crippen LogP contribution in [0.15, 0.2) is 23.0 Å². The monoisotopic (exact) mass is 375 g/mol. The van der Waals surface area contributed by atoms with E-state index in [1.807, 2.05) is 6.20 Å². The number of amides is 1. The second-order valence-electron chi connectivity index (χ2n) is 7.48. The highest BCUT2D eigenvalue weighted by Crippen LogP contribution is 2.57. The smallest absolute Gasteiger partial charge is 0.220 e. The van der Waals surface area contributed by atoms with Crippen LogP contribution in [0.4, 0.5) is 0 Å². The number of aromatic nitrogens is 1. The Labute approximate surface area is 157 Å². The fraction of sp³-hybridized carbons (Fsp3) is 0.579. The molecule has 2 fully saturated rings. The molecule has 0 bridgehead atoms. The van der Waals surface area contributed by atoms with Crippen LogP contribution >= 0.6 is 22.7 Å². The molecule has 1 unspecified atom stereocenters. The minimum Gasteiger partial charge on any atom is -0.335 e. The molecule has 2 aromatic heterocycles. The Morgan fingerprint density at radius 1 is 1.44 bits per heavy atom. The topological polar surface area (TPSA) is 36.4 Å². The summed E-state index contributed by atoms with van der Waals surface area (Å²) in [4.78, 5) is 22.6. The van der Waals surface area contributed by atoms with E-state index in [9.17, 15) is 4.79 Å². The van der Waals surface area contributed by atoms with Gasteiger partial charge in [-0.15, -0.1) is 11.3 Å². The minimum atomic E-state index is 0.218. The zero-order valence-corrected chi connectivity index (χ0v) is 16.5. The standard InChI is InChI=1S/C19H25N3OS2/c1-14-20-10-17(25-14)12-21-6-4-19(5-7-21)9-18(19)22(15(2)23)11-16-3-8-24-13-16/h3,8,10,13,18H,4-7,9,11-12H2,1-2H3. The third-order valence-electron chi connectivity index (χ3n) is 5.76. The molecule has 4 rings (SSSR count). The lowest BCUT2D eigenvalue weighted by Gasteiger charge is -2.34. The Hall–Kier alpha value is -1.24. The predicted molar refractivity (Wildman–Crippen MR) is 103 cm³/mol. The average Bonchev–Trinajstić information content (AvgIpc) is 2.94. The van der Waals surface area contributed by atoms with Crippen molar-refractivity contribution < 1.29 is 4.79 Å². The van der Waals surface area contributed by atoms with Crippen molar-refractivity contribution in [2.45, 2.75) is 52.2 Å². The summed E-state index contributed by atoms with van der Waals surface area (Å²) in [6.45, 7) is 7.86. The Bertz CT molecular complexity index is 732. The van der Waals surface area contributed by atoms with E-state index in [-0.39, 0.29) is 5.91 Å². The van der Waals surface area contributed by atoms with E-state index in [1.165, 1.54) is 29.7 Å². The largest absolute Gasteiger partial charge is 0.335 e. The van der Waals surface area contributed by atoms with Crippen LogP contribution in [0.25, 0.3) is 0 Å². The van der Waals surface area contributed by atoms with Gasteiger partial charge < -0.3 is 4.90 Å². The molecule has 134 valence electrons. The van der Waals surface area contributed by atoms with E-state index >= 15 is 0 Å². The summed E-state index contributed by atoms with van der Waals surface area (Å²) in [6, 6.07) is 2.58. The van der Waals surface area contributed by atoms with E-state index in [0.717, 1.165) is 31.2 Å². The summed E-state index contributed by atoms with van der Waals surface area (Å²) in [5.74, 6) is 0.218. The number of carbonyl (C=O) groups excluding carboxylic acids is 1. The molecule has 1 saturated carbocycles. The van der Waals surface area contributed by atoms with E-state index in [0.29, 0.717) is 11.5 Å². The van der Waals surface area contributed by atoms with Crippen LogP contribution in [0, 0.1) is 12.3 Å². The van der Waals surface area contributed by atoms with Gasteiger partial charge in [-0.25, -0.2) is 4.98 Å². The summed E-state index contributed by atoms with van der Waals surface area (Å²) >= 11 is 3.51. The zero-order chi connectivity index (χ0) is 17.4. The molecule has 1 aliphatic carbocycles. The van der Waals surface area contributed by atoms with E-state index in [1.54, 1.807) is 29.6 Å². The molecule has 6 heteroatoms. The molecule has 0 radical (unpaired) electrons. The third kappa shape index (κ3) is 3.66. The fourth-order valence-electron chi connectivity index (χ4n) is 4.18. The van der Waals surface area contributed by atoms with Crippen molar-refractivity contribution in [3.63, 3.8) is 0 Å². The second kappa shape index (κ2) is 6.82. The molecule has 3 heterocycles. The number of aryl methyl sites for hydroxylation is 1. The molecule has 1 aliphatic heterocycles. The van der Waals surface area contributed by atoms with Gasteiger partial charge in [0.1, 0.15) is 0 Å². The molecule has 2 aliphatic rings. The number of thiazole rings is 1. The van der Waals surface area contributed by atoms with E-state index < -0.39 is 0 Å². The van der Waals surface area contributed by atoms with Gasteiger partial charge in [0.15, 0.2) is 0 Å². The summed E-state index contributed by atoms with van der Waals surface area (Å²) in [6.07, 6.45) is 5.62. The molecular formula is C19H25N3OS2. The summed E-state index contributed by atoms with van der Waals surface area (Å²) < 4.78 is 0. The molecule has 1 atom stereocenters. The Kier molecular flexibility index (Phi) is 4.69. The van der Waals surface area contributed by atoms with Crippen molar-refractivity contribution in [1.29, 1.82) is 0 Å². The number of hydrogen-bond acceptors (Lipinski definition) is 5. The first kappa shape index (κ1) is 17.2. The van der Waals surface area contributed by atoms with E-state index in [4.69, 9.17) is 0 Å². The molecule has 1 spiro atoms. The van der Waals surface area contributed by atoms with Gasteiger partial charge in [-0.05, 0) is 67.1 Å². The summed E-state index contributed by atoms with van der Waals surface area (Å²) in [5.41, 5.74) is 1.64. The van der Waals surface area contributed by atoms with Crippen LogP contribution in [0.5, 0.6) is 0 Å². The number of carbonyl (C=O) groups is 1. The Morgan fingerprint density at radius 3 is 2.84 bits per heavy atom. The van der Waals surface area contributed by atoms with Crippen molar-refractivity contribution in [3.8, 4) is 0 Å². The van der Waals surface area contributed by atoms with Crippen molar-refractivity contribution in [1.82, 2.24) is 14.8 Å². The number of likely N-dealkylation sites (tertiary alicyclic amines) is 1. The Balaban J connectivity index is 1.34. The van der Waals surface area contributed by atoms with Gasteiger partial charge in [-0.3, -0.25) is 9.69 Å². The lowest BCUT2D eigenvalue weighted by molar-refractivity contribution is -0.130. The van der Waals surface area contributed by atoms with Crippen LogP contribution in [0.2, 0.25) is 0 Å². The molecule has 0 N–H and O–H groups in total. The van der Waals surface area contributed by atoms with E-state index in [2.05, 4.69) is 38.5 Å². The maximum atomic E-state index is 12.2. The molecular weight excluding hydrogens is 350 g/mol. The van der Waals surface area contributed by atoms with Gasteiger partial charge in [-0.1, -0.05) is 0 Å². The van der Waals surface area contributed by atoms with Crippen LogP contribution in [-0.4, -0.2) is 39.8 Å². The normalized spacial score (nSPS) is 22.2. The molecule has 25 heavy (non-hydrogen) atoms. The van der Waals surface area contributed by atoms with Crippen LogP contribution in [-0.2, 0) is 17.9 Å². The van der Waals surface area contributed by atoms with Crippen LogP contribution < -0.4 is 0 Å². The van der Waals surface area contributed by atoms with Gasteiger partial charge in [-0.2, -0.15) is 11.3 Å². The SMILES string of the molecule is CC(=O)N(Cc1ccsc1)C1CC12CCN(Cc1cnc(C)s1)CC2. The van der Waals surface area contributed by atoms with Gasteiger partial charge in [0.05, 0.1) is 5.01 Å². The number of hydrogen-bond donors (Lipinski definition) is 0. The highest BCUT2D eigenvalue weighted by atomic mass is 32.1. The van der Waals surface area contributed by atoms with Gasteiger partial charge in [0.2, 0.25) is 5.91 Å². The first-order valence-electron chi connectivity index (χ1n) is 8.98. The minimum absolute atomic E-state index is 0.218. The average molecular weight is 376 g/mol. The fourth-order valence-corrected chi connectivity index (χ4v) is 5.68. The third-order valence-corrected chi connectivity index (χ3v) is 7.39. The zero-order valence-electron chi connectivity index (χ0n) is 14.9. The van der Waals surface area contributed by atoms with Crippen molar-refractivity contribution in [3.05, 3.63) is 38.5 Å². The first-order chi connectivity index (χ1) is 12.1. The number of rotatable bonds is 5. The lowest BCUT2D eigenvalue weighted by atomic mass is 9.92. The quantitative estimate of drug-likeness (QED) is 0.795. The van der Waals surface area contributed by atoms with Crippen LogP contribution in [0.1, 0.15) is 41.6 Å². The van der Waals surface area contributed by atoms with Gasteiger partial charge in [0, 0.05) is 37.1 Å².